The van der Waals surface area contributed by atoms with Gasteiger partial charge in [-0.3, -0.25) is 4.79 Å². The summed E-state index contributed by atoms with van der Waals surface area (Å²) in [6.45, 7) is 1.82. The molecule has 2 rings (SSSR count). The van der Waals surface area contributed by atoms with E-state index < -0.39 is 9.84 Å². The van der Waals surface area contributed by atoms with Crippen LogP contribution in [0.5, 0.6) is 5.75 Å². The highest BCUT2D eigenvalue weighted by Crippen LogP contribution is 2.25. The topological polar surface area (TPSA) is 74.7 Å². The normalized spacial score (nSPS) is 11.2. The minimum atomic E-state index is -3.25. The minimum Gasteiger partial charge on any atom is -0.506 e. The Labute approximate surface area is 142 Å². The zero-order valence-electron chi connectivity index (χ0n) is 13.8. The number of aromatic hydroxyl groups is 1. The molecule has 0 radical (unpaired) electrons. The maximum Gasteiger partial charge on any atom is 0.231 e. The number of para-hydroxylation sites is 2. The van der Waals surface area contributed by atoms with Gasteiger partial charge in [0, 0.05) is 7.05 Å². The number of carbonyl (C=O) groups excluding carboxylic acids is 1. The fourth-order valence-electron chi connectivity index (χ4n) is 2.38. The number of phenolic OH excluding ortho intramolecular Hbond substituents is 1. The van der Waals surface area contributed by atoms with Gasteiger partial charge >= 0.3 is 0 Å². The summed E-state index contributed by atoms with van der Waals surface area (Å²) in [6, 6.07) is 13.0. The molecule has 0 unspecified atom stereocenters. The molecule has 1 amide bonds. The molecule has 2 aromatic rings. The number of likely N-dealkylation sites (N-methyl/N-ethyl adjacent to an activating group) is 1. The molecule has 0 atom stereocenters. The van der Waals surface area contributed by atoms with Gasteiger partial charge in [-0.05, 0) is 36.2 Å². The van der Waals surface area contributed by atoms with Crippen molar-refractivity contribution < 1.29 is 18.3 Å². The zero-order chi connectivity index (χ0) is 17.7. The first-order valence-electron chi connectivity index (χ1n) is 7.71. The lowest BCUT2D eigenvalue weighted by atomic mass is 10.1. The number of carbonyl (C=O) groups is 1. The van der Waals surface area contributed by atoms with Crippen LogP contribution in [0.15, 0.2) is 53.4 Å². The van der Waals surface area contributed by atoms with Crippen LogP contribution in [0.1, 0.15) is 18.9 Å². The first-order valence-corrected chi connectivity index (χ1v) is 9.36. The van der Waals surface area contributed by atoms with E-state index in [9.17, 15) is 18.3 Å². The summed E-state index contributed by atoms with van der Waals surface area (Å²) in [5.41, 5.74) is 1.15. The molecule has 5 nitrogen and oxygen atoms in total. The molecule has 0 saturated heterocycles. The van der Waals surface area contributed by atoms with Crippen molar-refractivity contribution in [3.8, 4) is 5.75 Å². The number of rotatable bonds is 6. The largest absolute Gasteiger partial charge is 0.506 e. The third-order valence-corrected chi connectivity index (χ3v) is 5.66. The highest BCUT2D eigenvalue weighted by atomic mass is 32.2. The molecule has 0 fully saturated rings. The maximum absolute atomic E-state index is 12.3. The summed E-state index contributed by atoms with van der Waals surface area (Å²) in [7, 11) is -1.65. The number of sulfone groups is 1. The van der Waals surface area contributed by atoms with Crippen molar-refractivity contribution in [2.45, 2.75) is 24.7 Å². The number of hydrogen-bond acceptors (Lipinski definition) is 4. The van der Waals surface area contributed by atoms with Crippen LogP contribution in [0.4, 0.5) is 5.69 Å². The van der Waals surface area contributed by atoms with Crippen molar-refractivity contribution in [2.24, 2.45) is 0 Å². The Kier molecular flexibility index (Phi) is 5.62. The molecule has 0 aliphatic carbocycles. The summed E-state index contributed by atoms with van der Waals surface area (Å²) >= 11 is 0. The maximum atomic E-state index is 12.3. The smallest absolute Gasteiger partial charge is 0.231 e. The lowest BCUT2D eigenvalue weighted by molar-refractivity contribution is -0.117. The third kappa shape index (κ3) is 4.14. The van der Waals surface area contributed by atoms with E-state index in [2.05, 4.69) is 0 Å². The van der Waals surface area contributed by atoms with Crippen LogP contribution in [0.3, 0.4) is 0 Å². The second-order valence-electron chi connectivity index (χ2n) is 5.58. The Balaban J connectivity index is 2.11. The van der Waals surface area contributed by atoms with Gasteiger partial charge in [0.15, 0.2) is 9.84 Å². The van der Waals surface area contributed by atoms with Gasteiger partial charge in [-0.1, -0.05) is 31.2 Å². The SMILES string of the molecule is CCCS(=O)(=O)c1ccc(CC(=O)N(C)c2ccccc2O)cc1. The number of amides is 1. The van der Waals surface area contributed by atoms with Gasteiger partial charge in [0.25, 0.3) is 0 Å². The average molecular weight is 347 g/mol. The average Bonchev–Trinajstić information content (AvgIpc) is 2.55. The molecular formula is C18H21NO4S. The van der Waals surface area contributed by atoms with E-state index in [-0.39, 0.29) is 28.7 Å². The third-order valence-electron chi connectivity index (χ3n) is 3.73. The Bertz CT molecular complexity index is 813. The molecule has 6 heteroatoms. The lowest BCUT2D eigenvalue weighted by Gasteiger charge is -2.18. The molecule has 0 bridgehead atoms. The quantitative estimate of drug-likeness (QED) is 0.872. The van der Waals surface area contributed by atoms with Crippen LogP contribution in [-0.2, 0) is 21.1 Å². The second kappa shape index (κ2) is 7.49. The van der Waals surface area contributed by atoms with Gasteiger partial charge < -0.3 is 10.0 Å². The van der Waals surface area contributed by atoms with Crippen molar-refractivity contribution in [3.63, 3.8) is 0 Å². The fourth-order valence-corrected chi connectivity index (χ4v) is 3.70. The van der Waals surface area contributed by atoms with E-state index in [1.165, 1.54) is 23.1 Å². The Morgan fingerprint density at radius 1 is 1.08 bits per heavy atom. The summed E-state index contributed by atoms with van der Waals surface area (Å²) < 4.78 is 24.0. The minimum absolute atomic E-state index is 0.0364. The molecular weight excluding hydrogens is 326 g/mol. The van der Waals surface area contributed by atoms with Crippen molar-refractivity contribution >= 4 is 21.4 Å². The molecule has 128 valence electrons. The van der Waals surface area contributed by atoms with Crippen LogP contribution < -0.4 is 4.90 Å². The predicted octanol–water partition coefficient (Wildman–Crippen LogP) is 2.78. The van der Waals surface area contributed by atoms with Crippen LogP contribution in [0.2, 0.25) is 0 Å². The number of nitrogens with zero attached hydrogens (tertiary/aromatic N) is 1. The van der Waals surface area contributed by atoms with E-state index in [1.807, 2.05) is 6.92 Å². The number of benzene rings is 2. The second-order valence-corrected chi connectivity index (χ2v) is 7.69. The van der Waals surface area contributed by atoms with E-state index in [1.54, 1.807) is 37.4 Å². The molecule has 0 aromatic heterocycles. The molecule has 0 saturated carbocycles. The van der Waals surface area contributed by atoms with Crippen LogP contribution >= 0.6 is 0 Å². The van der Waals surface area contributed by atoms with Crippen molar-refractivity contribution in [3.05, 3.63) is 54.1 Å². The molecule has 0 aliphatic rings. The van der Waals surface area contributed by atoms with Crippen molar-refractivity contribution in [1.82, 2.24) is 0 Å². The van der Waals surface area contributed by atoms with Crippen LogP contribution in [-0.4, -0.2) is 32.2 Å². The van der Waals surface area contributed by atoms with E-state index in [4.69, 9.17) is 0 Å². The summed E-state index contributed by atoms with van der Waals surface area (Å²) in [5, 5.41) is 9.81. The molecule has 24 heavy (non-hydrogen) atoms. The van der Waals surface area contributed by atoms with Gasteiger partial charge in [-0.2, -0.15) is 0 Å². The molecule has 0 aliphatic heterocycles. The highest BCUT2D eigenvalue weighted by Gasteiger charge is 2.16. The molecule has 1 N–H and O–H groups in total. The molecule has 0 spiro atoms. The van der Waals surface area contributed by atoms with Gasteiger partial charge in [0.05, 0.1) is 22.8 Å². The highest BCUT2D eigenvalue weighted by molar-refractivity contribution is 7.91. The van der Waals surface area contributed by atoms with Gasteiger partial charge in [-0.25, -0.2) is 8.42 Å². The summed E-state index contributed by atoms with van der Waals surface area (Å²) in [5.74, 6) is -0.0450. The lowest BCUT2D eigenvalue weighted by Crippen LogP contribution is -2.27. The standard InChI is InChI=1S/C18H21NO4S/c1-3-12-24(22,23)15-10-8-14(9-11-15)13-18(21)19(2)16-6-4-5-7-17(16)20/h4-11,20H,3,12-13H2,1-2H3. The van der Waals surface area contributed by atoms with Crippen LogP contribution in [0.25, 0.3) is 0 Å². The number of anilines is 1. The van der Waals surface area contributed by atoms with E-state index in [0.29, 0.717) is 12.1 Å². The first-order chi connectivity index (χ1) is 11.3. The number of hydrogen-bond donors (Lipinski definition) is 1. The van der Waals surface area contributed by atoms with Crippen molar-refractivity contribution in [2.75, 3.05) is 17.7 Å². The van der Waals surface area contributed by atoms with Crippen molar-refractivity contribution in [1.29, 1.82) is 0 Å². The summed E-state index contributed by atoms with van der Waals surface area (Å²) in [6.07, 6.45) is 0.687. The predicted molar refractivity (Wildman–Crippen MR) is 94.0 cm³/mol. The Morgan fingerprint density at radius 3 is 2.29 bits per heavy atom. The first kappa shape index (κ1) is 18.0. The molecule has 0 heterocycles. The monoisotopic (exact) mass is 347 g/mol. The van der Waals surface area contributed by atoms with Gasteiger partial charge in [0.1, 0.15) is 5.75 Å². The van der Waals surface area contributed by atoms with E-state index in [0.717, 1.165) is 5.56 Å². The van der Waals surface area contributed by atoms with Crippen LogP contribution in [0, 0.1) is 0 Å². The summed E-state index contributed by atoms with van der Waals surface area (Å²) in [4.78, 5) is 14.0. The van der Waals surface area contributed by atoms with E-state index >= 15 is 0 Å². The Morgan fingerprint density at radius 2 is 1.71 bits per heavy atom. The number of phenols is 1. The zero-order valence-corrected chi connectivity index (χ0v) is 14.6. The van der Waals surface area contributed by atoms with Gasteiger partial charge in [0.2, 0.25) is 5.91 Å². The van der Waals surface area contributed by atoms with Gasteiger partial charge in [-0.15, -0.1) is 0 Å². The Hall–Kier alpha value is -2.34. The fraction of sp³-hybridized carbons (Fsp3) is 0.278. The molecule has 2 aromatic carbocycles.